The van der Waals surface area contributed by atoms with Crippen LogP contribution in [0.15, 0.2) is 48.5 Å². The molecule has 1 aliphatic rings. The van der Waals surface area contributed by atoms with Gasteiger partial charge in [0.1, 0.15) is 12.4 Å². The summed E-state index contributed by atoms with van der Waals surface area (Å²) in [6, 6.07) is 13.9. The molecule has 0 unspecified atom stereocenters. The third-order valence-corrected chi connectivity index (χ3v) is 4.10. The zero-order valence-corrected chi connectivity index (χ0v) is 14.2. The summed E-state index contributed by atoms with van der Waals surface area (Å²) >= 11 is 0. The van der Waals surface area contributed by atoms with E-state index in [1.165, 1.54) is 11.0 Å². The summed E-state index contributed by atoms with van der Waals surface area (Å²) < 4.78 is 5.16. The van der Waals surface area contributed by atoms with Gasteiger partial charge in [-0.1, -0.05) is 30.3 Å². The molecular weight excluding hydrogens is 320 g/mol. The Hall–Kier alpha value is -3.02. The Morgan fingerprint density at radius 2 is 1.96 bits per heavy atom. The third-order valence-electron chi connectivity index (χ3n) is 4.10. The Kier molecular flexibility index (Phi) is 4.35. The third kappa shape index (κ3) is 3.57. The Bertz CT molecular complexity index is 802. The maximum atomic E-state index is 12.1. The molecule has 6 nitrogen and oxygen atoms in total. The van der Waals surface area contributed by atoms with Gasteiger partial charge in [-0.15, -0.1) is 0 Å². The average molecular weight is 340 g/mol. The molecule has 130 valence electrons. The Morgan fingerprint density at radius 1 is 1.24 bits per heavy atom. The summed E-state index contributed by atoms with van der Waals surface area (Å²) in [6.07, 6.45) is -0.601. The quantitative estimate of drug-likeness (QED) is 0.659. The van der Waals surface area contributed by atoms with Gasteiger partial charge in [0.2, 0.25) is 5.91 Å². The van der Waals surface area contributed by atoms with Crippen LogP contribution in [0.3, 0.4) is 0 Å². The molecule has 0 radical (unpaired) electrons. The fourth-order valence-electron chi connectivity index (χ4n) is 2.70. The van der Waals surface area contributed by atoms with Gasteiger partial charge in [0.05, 0.1) is 11.1 Å². The van der Waals surface area contributed by atoms with E-state index in [2.05, 4.69) is 5.32 Å². The zero-order chi connectivity index (χ0) is 18.0. The lowest BCUT2D eigenvalue weighted by atomic mass is 9.82. The van der Waals surface area contributed by atoms with E-state index < -0.39 is 11.5 Å². The maximum Gasteiger partial charge on any atom is 0.411 e. The molecule has 2 aromatic carbocycles. The summed E-state index contributed by atoms with van der Waals surface area (Å²) in [5.41, 5.74) is 1.29. The number of nitrogens with one attached hydrogen (secondary N) is 1. The van der Waals surface area contributed by atoms with Crippen molar-refractivity contribution in [2.45, 2.75) is 20.5 Å². The van der Waals surface area contributed by atoms with Crippen LogP contribution in [0.5, 0.6) is 5.75 Å². The van der Waals surface area contributed by atoms with Crippen LogP contribution in [0.2, 0.25) is 0 Å². The second-order valence-corrected chi connectivity index (χ2v) is 6.67. The molecule has 25 heavy (non-hydrogen) atoms. The van der Waals surface area contributed by atoms with Gasteiger partial charge in [0.15, 0.2) is 0 Å². The topological polar surface area (TPSA) is 78.9 Å². The first kappa shape index (κ1) is 16.8. The van der Waals surface area contributed by atoms with Crippen molar-refractivity contribution < 1.29 is 19.4 Å². The lowest BCUT2D eigenvalue weighted by molar-refractivity contribution is -0.132. The van der Waals surface area contributed by atoms with E-state index in [-0.39, 0.29) is 18.3 Å². The molecule has 0 bridgehead atoms. The summed E-state index contributed by atoms with van der Waals surface area (Å²) in [4.78, 5) is 25.6. The van der Waals surface area contributed by atoms with Crippen molar-refractivity contribution in [1.29, 1.82) is 0 Å². The van der Waals surface area contributed by atoms with Crippen LogP contribution in [0.25, 0.3) is 0 Å². The monoisotopic (exact) mass is 340 g/mol. The van der Waals surface area contributed by atoms with Crippen LogP contribution < -0.4 is 10.2 Å². The van der Waals surface area contributed by atoms with E-state index in [9.17, 15) is 14.7 Å². The second kappa shape index (κ2) is 6.47. The standard InChI is InChI=1S/C19H20N2O4/c1-19(2)12-21(17(19)23)15-10-14(8-9-16(15)22)20-18(24)25-11-13-6-4-3-5-7-13/h3-10,22H,11-12H2,1-2H3,(H,20,24). The van der Waals surface area contributed by atoms with Crippen molar-refractivity contribution in [3.63, 3.8) is 0 Å². The fourth-order valence-corrected chi connectivity index (χ4v) is 2.70. The molecule has 0 spiro atoms. The molecule has 0 aromatic heterocycles. The highest BCUT2D eigenvalue weighted by molar-refractivity contribution is 6.05. The van der Waals surface area contributed by atoms with Gasteiger partial charge in [0.25, 0.3) is 0 Å². The van der Waals surface area contributed by atoms with Crippen LogP contribution in [0.1, 0.15) is 19.4 Å². The van der Waals surface area contributed by atoms with Crippen molar-refractivity contribution in [2.75, 3.05) is 16.8 Å². The van der Waals surface area contributed by atoms with Crippen molar-refractivity contribution >= 4 is 23.4 Å². The number of ether oxygens (including phenoxy) is 1. The van der Waals surface area contributed by atoms with Gasteiger partial charge in [-0.2, -0.15) is 0 Å². The normalized spacial score (nSPS) is 15.4. The highest BCUT2D eigenvalue weighted by Crippen LogP contribution is 2.40. The lowest BCUT2D eigenvalue weighted by Gasteiger charge is -2.44. The molecule has 2 N–H and O–H groups in total. The van der Waals surface area contributed by atoms with Gasteiger partial charge in [-0.25, -0.2) is 4.79 Å². The highest BCUT2D eigenvalue weighted by atomic mass is 16.5. The van der Waals surface area contributed by atoms with E-state index in [1.54, 1.807) is 12.1 Å². The van der Waals surface area contributed by atoms with Crippen LogP contribution >= 0.6 is 0 Å². The van der Waals surface area contributed by atoms with Gasteiger partial charge in [-0.3, -0.25) is 10.1 Å². The highest BCUT2D eigenvalue weighted by Gasteiger charge is 2.45. The first-order chi connectivity index (χ1) is 11.9. The number of β-lactam (4-membered cyclic amide) rings is 1. The van der Waals surface area contributed by atoms with Gasteiger partial charge >= 0.3 is 6.09 Å². The van der Waals surface area contributed by atoms with Gasteiger partial charge in [0, 0.05) is 12.2 Å². The van der Waals surface area contributed by atoms with Crippen molar-refractivity contribution in [3.8, 4) is 5.75 Å². The number of amides is 2. The number of carbonyl (C=O) groups is 2. The summed E-state index contributed by atoms with van der Waals surface area (Å²) in [6.45, 7) is 4.38. The predicted molar refractivity (Wildman–Crippen MR) is 94.5 cm³/mol. The maximum absolute atomic E-state index is 12.1. The molecule has 6 heteroatoms. The Morgan fingerprint density at radius 3 is 2.60 bits per heavy atom. The van der Waals surface area contributed by atoms with Crippen LogP contribution in [0, 0.1) is 5.41 Å². The number of carbonyl (C=O) groups excluding carboxylic acids is 2. The molecule has 1 heterocycles. The van der Waals surface area contributed by atoms with Crippen molar-refractivity contribution in [3.05, 3.63) is 54.1 Å². The van der Waals surface area contributed by atoms with Crippen molar-refractivity contribution in [1.82, 2.24) is 0 Å². The van der Waals surface area contributed by atoms with Crippen LogP contribution in [-0.4, -0.2) is 23.7 Å². The summed E-state index contributed by atoms with van der Waals surface area (Å²) in [5, 5.41) is 12.6. The number of hydrogen-bond donors (Lipinski definition) is 2. The van der Waals surface area contributed by atoms with E-state index in [4.69, 9.17) is 4.74 Å². The van der Waals surface area contributed by atoms with E-state index in [0.29, 0.717) is 17.9 Å². The summed E-state index contributed by atoms with van der Waals surface area (Å²) in [5.74, 6) is -0.0707. The number of phenolic OH excluding ortho intramolecular Hbond substituents is 1. The first-order valence-electron chi connectivity index (χ1n) is 7.99. The van der Waals surface area contributed by atoms with Gasteiger partial charge in [-0.05, 0) is 37.6 Å². The molecule has 0 aliphatic carbocycles. The molecule has 2 amide bonds. The molecule has 3 rings (SSSR count). The molecule has 1 saturated heterocycles. The molecule has 0 atom stereocenters. The molecule has 1 aliphatic heterocycles. The van der Waals surface area contributed by atoms with E-state index in [0.717, 1.165) is 5.56 Å². The Labute approximate surface area is 146 Å². The smallest absolute Gasteiger partial charge is 0.411 e. The van der Waals surface area contributed by atoms with Crippen LogP contribution in [0.4, 0.5) is 16.2 Å². The van der Waals surface area contributed by atoms with Crippen molar-refractivity contribution in [2.24, 2.45) is 5.41 Å². The van der Waals surface area contributed by atoms with E-state index >= 15 is 0 Å². The molecule has 0 saturated carbocycles. The van der Waals surface area contributed by atoms with Crippen LogP contribution in [-0.2, 0) is 16.1 Å². The fraction of sp³-hybridized carbons (Fsp3) is 0.263. The van der Waals surface area contributed by atoms with E-state index in [1.807, 2.05) is 44.2 Å². The number of rotatable bonds is 4. The predicted octanol–water partition coefficient (Wildman–Crippen LogP) is 3.51. The number of benzene rings is 2. The SMILES string of the molecule is CC1(C)CN(c2cc(NC(=O)OCc3ccccc3)ccc2O)C1=O. The molecular formula is C19H20N2O4. The summed E-state index contributed by atoms with van der Waals surface area (Å²) in [7, 11) is 0. The first-order valence-corrected chi connectivity index (χ1v) is 7.99. The minimum Gasteiger partial charge on any atom is -0.506 e. The largest absolute Gasteiger partial charge is 0.506 e. The number of aromatic hydroxyl groups is 1. The molecule has 1 fully saturated rings. The second-order valence-electron chi connectivity index (χ2n) is 6.67. The van der Waals surface area contributed by atoms with Gasteiger partial charge < -0.3 is 14.7 Å². The molecule has 2 aromatic rings. The number of hydrogen-bond acceptors (Lipinski definition) is 4. The lowest BCUT2D eigenvalue weighted by Crippen LogP contribution is -2.58. The minimum atomic E-state index is -0.601. The zero-order valence-electron chi connectivity index (χ0n) is 14.2. The average Bonchev–Trinajstić information content (AvgIpc) is 2.60. The number of anilines is 2. The Balaban J connectivity index is 1.64. The number of nitrogens with zero attached hydrogens (tertiary/aromatic N) is 1. The minimum absolute atomic E-state index is 0.00736. The number of phenols is 1.